The van der Waals surface area contributed by atoms with Crippen molar-refractivity contribution in [2.75, 3.05) is 18.1 Å². The fourth-order valence-electron chi connectivity index (χ4n) is 2.80. The highest BCUT2D eigenvalue weighted by molar-refractivity contribution is 7.99. The first kappa shape index (κ1) is 12.5. The van der Waals surface area contributed by atoms with E-state index in [-0.39, 0.29) is 6.10 Å². The van der Waals surface area contributed by atoms with Gasteiger partial charge in [-0.15, -0.1) is 0 Å². The summed E-state index contributed by atoms with van der Waals surface area (Å²) in [5.74, 6) is 2.55. The molecular formula is C14H20N2OS. The van der Waals surface area contributed by atoms with Gasteiger partial charge in [-0.3, -0.25) is 4.98 Å². The normalized spacial score (nSPS) is 32.6. The molecule has 2 fully saturated rings. The summed E-state index contributed by atoms with van der Waals surface area (Å²) in [5.41, 5.74) is 1.26. The highest BCUT2D eigenvalue weighted by atomic mass is 32.2. The minimum absolute atomic E-state index is 0.201. The van der Waals surface area contributed by atoms with Gasteiger partial charge in [0.2, 0.25) is 0 Å². The number of rotatable bonds is 3. The van der Waals surface area contributed by atoms with Crippen LogP contribution in [0.15, 0.2) is 24.5 Å². The third-order valence-corrected chi connectivity index (χ3v) is 4.90. The van der Waals surface area contributed by atoms with Gasteiger partial charge in [-0.1, -0.05) is 0 Å². The molecule has 0 aromatic carbocycles. The lowest BCUT2D eigenvalue weighted by molar-refractivity contribution is -0.0131. The van der Waals surface area contributed by atoms with Crippen LogP contribution in [0.5, 0.6) is 0 Å². The summed E-state index contributed by atoms with van der Waals surface area (Å²) in [6, 6.07) is 5.29. The molecule has 2 saturated heterocycles. The molecule has 0 amide bonds. The SMILES string of the molecule is c1cc([C@H]2OCCC[C@@H]2N[C@H]2CCSC2)ccn1. The van der Waals surface area contributed by atoms with Gasteiger partial charge < -0.3 is 10.1 Å². The molecule has 3 rings (SSSR count). The van der Waals surface area contributed by atoms with Crippen molar-refractivity contribution in [3.63, 3.8) is 0 Å². The van der Waals surface area contributed by atoms with Gasteiger partial charge in [0, 0.05) is 36.8 Å². The lowest BCUT2D eigenvalue weighted by atomic mass is 9.96. The summed E-state index contributed by atoms with van der Waals surface area (Å²) < 4.78 is 5.99. The Kier molecular flexibility index (Phi) is 4.18. The second kappa shape index (κ2) is 6.04. The van der Waals surface area contributed by atoms with Crippen molar-refractivity contribution < 1.29 is 4.74 Å². The predicted molar refractivity (Wildman–Crippen MR) is 74.8 cm³/mol. The second-order valence-corrected chi connectivity index (χ2v) is 6.20. The van der Waals surface area contributed by atoms with E-state index in [0.29, 0.717) is 12.1 Å². The van der Waals surface area contributed by atoms with Crippen molar-refractivity contribution in [2.24, 2.45) is 0 Å². The number of aromatic nitrogens is 1. The maximum atomic E-state index is 5.99. The average Bonchev–Trinajstić information content (AvgIpc) is 2.93. The Balaban J connectivity index is 1.69. The van der Waals surface area contributed by atoms with Gasteiger partial charge in [-0.25, -0.2) is 0 Å². The van der Waals surface area contributed by atoms with Gasteiger partial charge in [0.05, 0.1) is 6.10 Å². The Morgan fingerprint density at radius 1 is 1.28 bits per heavy atom. The number of hydrogen-bond acceptors (Lipinski definition) is 4. The molecule has 0 radical (unpaired) electrons. The van der Waals surface area contributed by atoms with Crippen molar-refractivity contribution >= 4 is 11.8 Å². The lowest BCUT2D eigenvalue weighted by Gasteiger charge is -2.34. The average molecular weight is 264 g/mol. The smallest absolute Gasteiger partial charge is 0.0978 e. The summed E-state index contributed by atoms with van der Waals surface area (Å²) in [6.45, 7) is 0.880. The van der Waals surface area contributed by atoms with Gasteiger partial charge in [-0.2, -0.15) is 11.8 Å². The van der Waals surface area contributed by atoms with E-state index >= 15 is 0 Å². The van der Waals surface area contributed by atoms with Gasteiger partial charge in [0.15, 0.2) is 0 Å². The van der Waals surface area contributed by atoms with Crippen LogP contribution in [-0.4, -0.2) is 35.2 Å². The first-order valence-corrected chi connectivity index (χ1v) is 7.94. The Bertz CT molecular complexity index is 367. The van der Waals surface area contributed by atoms with Crippen LogP contribution in [-0.2, 0) is 4.74 Å². The quantitative estimate of drug-likeness (QED) is 0.909. The zero-order valence-electron chi connectivity index (χ0n) is 10.5. The molecule has 18 heavy (non-hydrogen) atoms. The van der Waals surface area contributed by atoms with Crippen molar-refractivity contribution in [1.29, 1.82) is 0 Å². The van der Waals surface area contributed by atoms with E-state index in [1.807, 2.05) is 12.4 Å². The molecule has 0 aliphatic carbocycles. The summed E-state index contributed by atoms with van der Waals surface area (Å²) in [7, 11) is 0. The van der Waals surface area contributed by atoms with Crippen LogP contribution >= 0.6 is 11.8 Å². The molecule has 1 aromatic heterocycles. The summed E-state index contributed by atoms with van der Waals surface area (Å²) >= 11 is 2.05. The zero-order chi connectivity index (χ0) is 12.2. The van der Waals surface area contributed by atoms with Crippen LogP contribution in [0.2, 0.25) is 0 Å². The maximum absolute atomic E-state index is 5.99. The van der Waals surface area contributed by atoms with Crippen LogP contribution < -0.4 is 5.32 Å². The molecule has 0 bridgehead atoms. The largest absolute Gasteiger partial charge is 0.372 e. The van der Waals surface area contributed by atoms with E-state index in [4.69, 9.17) is 4.74 Å². The van der Waals surface area contributed by atoms with E-state index in [0.717, 1.165) is 6.61 Å². The number of nitrogens with one attached hydrogen (secondary N) is 1. The Morgan fingerprint density at radius 2 is 2.17 bits per heavy atom. The third-order valence-electron chi connectivity index (χ3n) is 3.74. The van der Waals surface area contributed by atoms with Crippen LogP contribution in [0, 0.1) is 0 Å². The highest BCUT2D eigenvalue weighted by Gasteiger charge is 2.30. The first-order chi connectivity index (χ1) is 8.93. The standard InChI is InChI=1S/C14H20N2OS/c1-2-13(16-12-5-9-18-10-12)14(17-8-1)11-3-6-15-7-4-11/h3-4,6-7,12-14,16H,1-2,5,8-10H2/t12-,13-,14+/m0/s1. The molecule has 1 N–H and O–H groups in total. The minimum Gasteiger partial charge on any atom is -0.372 e. The molecule has 0 spiro atoms. The lowest BCUT2D eigenvalue weighted by Crippen LogP contribution is -2.45. The second-order valence-electron chi connectivity index (χ2n) is 5.05. The maximum Gasteiger partial charge on any atom is 0.0978 e. The first-order valence-electron chi connectivity index (χ1n) is 6.79. The van der Waals surface area contributed by atoms with Crippen LogP contribution in [0.25, 0.3) is 0 Å². The van der Waals surface area contributed by atoms with Gasteiger partial charge in [0.25, 0.3) is 0 Å². The zero-order valence-corrected chi connectivity index (χ0v) is 11.4. The molecule has 3 nitrogen and oxygen atoms in total. The molecule has 2 aliphatic heterocycles. The Hall–Kier alpha value is -0.580. The molecular weight excluding hydrogens is 244 g/mol. The van der Waals surface area contributed by atoms with E-state index in [2.05, 4.69) is 34.2 Å². The molecule has 2 aliphatic rings. The fourth-order valence-corrected chi connectivity index (χ4v) is 3.97. The minimum atomic E-state index is 0.201. The van der Waals surface area contributed by atoms with Gasteiger partial charge >= 0.3 is 0 Å². The summed E-state index contributed by atoms with van der Waals surface area (Å²) in [5, 5.41) is 3.80. The van der Waals surface area contributed by atoms with E-state index < -0.39 is 0 Å². The monoisotopic (exact) mass is 264 g/mol. The van der Waals surface area contributed by atoms with Gasteiger partial charge in [-0.05, 0) is 42.7 Å². The van der Waals surface area contributed by atoms with Crippen molar-refractivity contribution in [1.82, 2.24) is 10.3 Å². The number of pyridine rings is 1. The molecule has 0 unspecified atom stereocenters. The molecule has 3 atom stereocenters. The number of nitrogens with zero attached hydrogens (tertiary/aromatic N) is 1. The number of ether oxygens (including phenoxy) is 1. The molecule has 0 saturated carbocycles. The number of thioether (sulfide) groups is 1. The van der Waals surface area contributed by atoms with E-state index in [9.17, 15) is 0 Å². The molecule has 3 heterocycles. The van der Waals surface area contributed by atoms with Crippen LogP contribution in [0.4, 0.5) is 0 Å². The Labute approximate surface area is 113 Å². The van der Waals surface area contributed by atoms with Crippen molar-refractivity contribution in [2.45, 2.75) is 37.5 Å². The molecule has 1 aromatic rings. The fraction of sp³-hybridized carbons (Fsp3) is 0.643. The van der Waals surface area contributed by atoms with Crippen molar-refractivity contribution in [3.05, 3.63) is 30.1 Å². The molecule has 98 valence electrons. The van der Waals surface area contributed by atoms with Gasteiger partial charge in [0.1, 0.15) is 0 Å². The topological polar surface area (TPSA) is 34.1 Å². The highest BCUT2D eigenvalue weighted by Crippen LogP contribution is 2.29. The van der Waals surface area contributed by atoms with Crippen LogP contribution in [0.3, 0.4) is 0 Å². The van der Waals surface area contributed by atoms with E-state index in [1.54, 1.807) is 0 Å². The number of hydrogen-bond donors (Lipinski definition) is 1. The third kappa shape index (κ3) is 2.87. The molecule has 4 heteroatoms. The van der Waals surface area contributed by atoms with Crippen molar-refractivity contribution in [3.8, 4) is 0 Å². The summed E-state index contributed by atoms with van der Waals surface area (Å²) in [6.07, 6.45) is 7.59. The Morgan fingerprint density at radius 3 is 2.94 bits per heavy atom. The van der Waals surface area contributed by atoms with E-state index in [1.165, 1.54) is 36.3 Å². The van der Waals surface area contributed by atoms with Crippen LogP contribution in [0.1, 0.15) is 30.9 Å². The predicted octanol–water partition coefficient (Wildman–Crippen LogP) is 2.40. The summed E-state index contributed by atoms with van der Waals surface area (Å²) in [4.78, 5) is 4.09.